The van der Waals surface area contributed by atoms with Crippen LogP contribution in [0, 0.1) is 10.1 Å². The van der Waals surface area contributed by atoms with Crippen LogP contribution in [0.2, 0.25) is 0 Å². The van der Waals surface area contributed by atoms with Gasteiger partial charge in [0.1, 0.15) is 0 Å². The monoisotopic (exact) mass is 399 g/mol. The van der Waals surface area contributed by atoms with Gasteiger partial charge in [0, 0.05) is 24.8 Å². The molecule has 0 aliphatic rings. The Balaban J connectivity index is 1.41. The zero-order valence-electron chi connectivity index (χ0n) is 15.8. The van der Waals surface area contributed by atoms with Crippen LogP contribution >= 0.6 is 0 Å². The van der Waals surface area contributed by atoms with Crippen LogP contribution in [0.25, 0.3) is 16.8 Å². The molecule has 0 unspecified atom stereocenters. The number of nitrogens with zero attached hydrogens (tertiary/aromatic N) is 6. The Labute approximate surface area is 171 Å². The molecule has 0 aliphatic carbocycles. The Morgan fingerprint density at radius 1 is 0.967 bits per heavy atom. The van der Waals surface area contributed by atoms with E-state index in [9.17, 15) is 10.1 Å². The average molecular weight is 399 g/mol. The summed E-state index contributed by atoms with van der Waals surface area (Å²) in [6.45, 7) is 0. The highest BCUT2D eigenvalue weighted by Gasteiger charge is 2.08. The van der Waals surface area contributed by atoms with E-state index in [1.807, 2.05) is 42.5 Å². The molecule has 0 spiro atoms. The zero-order valence-corrected chi connectivity index (χ0v) is 15.8. The van der Waals surface area contributed by atoms with Crippen LogP contribution in [0.5, 0.6) is 0 Å². The molecular weight excluding hydrogens is 382 g/mol. The number of tetrazole rings is 1. The Kier molecular flexibility index (Phi) is 5.52. The van der Waals surface area contributed by atoms with Gasteiger partial charge in [-0.3, -0.25) is 15.5 Å². The van der Waals surface area contributed by atoms with Crippen molar-refractivity contribution in [3.63, 3.8) is 0 Å². The highest BCUT2D eigenvalue weighted by atomic mass is 16.6. The molecule has 0 aliphatic heterocycles. The molecule has 0 fully saturated rings. The highest BCUT2D eigenvalue weighted by molar-refractivity contribution is 5.65. The number of hydrogen-bond donors (Lipinski definition) is 1. The number of benzene rings is 3. The maximum Gasteiger partial charge on any atom is 0.269 e. The van der Waals surface area contributed by atoms with Crippen LogP contribution in [0.1, 0.15) is 5.82 Å². The number of nitrogens with one attached hydrogen (secondary N) is 1. The molecule has 1 heterocycles. The number of nitro benzene ring substituents is 1. The zero-order chi connectivity index (χ0) is 20.8. The average Bonchev–Trinajstić information content (AvgIpc) is 3.26. The number of aromatic nitrogens is 4. The molecule has 0 radical (unpaired) electrons. The van der Waals surface area contributed by atoms with Crippen LogP contribution in [0.4, 0.5) is 11.4 Å². The standard InChI is InChI=1S/C21H17N7O2/c29-28(30)20-12-8-18(9-13-20)23-22-15-14-21-24-25-26-27(21)19-10-6-17(7-11-19)16-4-2-1-3-5-16/h1-13,15,23H,14H2. The van der Waals surface area contributed by atoms with Crippen molar-refractivity contribution >= 4 is 17.6 Å². The molecule has 0 atom stereocenters. The largest absolute Gasteiger partial charge is 0.279 e. The number of anilines is 1. The number of nitro groups is 1. The van der Waals surface area contributed by atoms with Gasteiger partial charge in [-0.1, -0.05) is 42.5 Å². The third-order valence-electron chi connectivity index (χ3n) is 4.39. The number of hydrazone groups is 1. The minimum absolute atomic E-state index is 0.0296. The van der Waals surface area contributed by atoms with E-state index in [1.165, 1.54) is 12.1 Å². The number of non-ortho nitro benzene ring substituents is 1. The van der Waals surface area contributed by atoms with E-state index in [0.29, 0.717) is 17.9 Å². The SMILES string of the molecule is O=[N+]([O-])c1ccc(NN=CCc2nnnn2-c2ccc(-c3ccccc3)cc2)cc1. The van der Waals surface area contributed by atoms with Gasteiger partial charge in [-0.05, 0) is 45.8 Å². The fraction of sp³-hybridized carbons (Fsp3) is 0.0476. The summed E-state index contributed by atoms with van der Waals surface area (Å²) in [7, 11) is 0. The lowest BCUT2D eigenvalue weighted by atomic mass is 10.1. The van der Waals surface area contributed by atoms with E-state index in [0.717, 1.165) is 16.8 Å². The number of rotatable bonds is 7. The normalized spacial score (nSPS) is 10.9. The van der Waals surface area contributed by atoms with Gasteiger partial charge in [0.15, 0.2) is 5.82 Å². The Morgan fingerprint density at radius 2 is 1.67 bits per heavy atom. The summed E-state index contributed by atoms with van der Waals surface area (Å²) in [4.78, 5) is 10.2. The van der Waals surface area contributed by atoms with Gasteiger partial charge in [-0.15, -0.1) is 5.10 Å². The first-order chi connectivity index (χ1) is 14.7. The second-order valence-corrected chi connectivity index (χ2v) is 6.35. The van der Waals surface area contributed by atoms with Crippen molar-refractivity contribution in [2.45, 2.75) is 6.42 Å². The Bertz CT molecular complexity index is 1150. The molecule has 0 bridgehead atoms. The third kappa shape index (κ3) is 4.36. The van der Waals surface area contributed by atoms with Gasteiger partial charge in [0.05, 0.1) is 16.3 Å². The summed E-state index contributed by atoms with van der Waals surface area (Å²) in [6, 6.07) is 24.1. The second kappa shape index (κ2) is 8.74. The summed E-state index contributed by atoms with van der Waals surface area (Å²) in [6.07, 6.45) is 2.05. The van der Waals surface area contributed by atoms with Crippen LogP contribution < -0.4 is 5.43 Å². The van der Waals surface area contributed by atoms with Crippen molar-refractivity contribution in [2.75, 3.05) is 5.43 Å². The molecular formula is C21H17N7O2. The van der Waals surface area contributed by atoms with E-state index in [-0.39, 0.29) is 5.69 Å². The predicted octanol–water partition coefficient (Wildman–Crippen LogP) is 3.88. The maximum atomic E-state index is 10.7. The van der Waals surface area contributed by atoms with Gasteiger partial charge < -0.3 is 0 Å². The minimum atomic E-state index is -0.445. The summed E-state index contributed by atoms with van der Waals surface area (Å²) < 4.78 is 1.66. The quantitative estimate of drug-likeness (QED) is 0.287. The van der Waals surface area contributed by atoms with Crippen molar-refractivity contribution in [3.05, 3.63) is 94.8 Å². The topological polar surface area (TPSA) is 111 Å². The highest BCUT2D eigenvalue weighted by Crippen LogP contribution is 2.20. The maximum absolute atomic E-state index is 10.7. The Hall–Kier alpha value is -4.40. The van der Waals surface area contributed by atoms with E-state index in [4.69, 9.17) is 0 Å². The van der Waals surface area contributed by atoms with Gasteiger partial charge in [0.25, 0.3) is 5.69 Å². The van der Waals surface area contributed by atoms with Crippen LogP contribution in [0.3, 0.4) is 0 Å². The van der Waals surface area contributed by atoms with E-state index in [2.05, 4.69) is 38.2 Å². The van der Waals surface area contributed by atoms with Crippen molar-refractivity contribution < 1.29 is 4.92 Å². The lowest BCUT2D eigenvalue weighted by Gasteiger charge is -2.05. The molecule has 0 amide bonds. The van der Waals surface area contributed by atoms with Gasteiger partial charge in [-0.25, -0.2) is 0 Å². The molecule has 1 N–H and O–H groups in total. The van der Waals surface area contributed by atoms with E-state index in [1.54, 1.807) is 23.0 Å². The first kappa shape index (κ1) is 18.9. The fourth-order valence-electron chi connectivity index (χ4n) is 2.86. The molecule has 148 valence electrons. The predicted molar refractivity (Wildman–Crippen MR) is 114 cm³/mol. The molecule has 4 aromatic rings. The van der Waals surface area contributed by atoms with Gasteiger partial charge >= 0.3 is 0 Å². The molecule has 1 aromatic heterocycles. The van der Waals surface area contributed by atoms with Crippen molar-refractivity contribution in [3.8, 4) is 16.8 Å². The molecule has 3 aromatic carbocycles. The second-order valence-electron chi connectivity index (χ2n) is 6.35. The molecule has 30 heavy (non-hydrogen) atoms. The first-order valence-corrected chi connectivity index (χ1v) is 9.16. The molecule has 9 heteroatoms. The minimum Gasteiger partial charge on any atom is -0.279 e. The summed E-state index contributed by atoms with van der Waals surface area (Å²) in [5.74, 6) is 0.636. The summed E-state index contributed by atoms with van der Waals surface area (Å²) in [5, 5.41) is 26.7. The van der Waals surface area contributed by atoms with E-state index >= 15 is 0 Å². The number of hydrogen-bond acceptors (Lipinski definition) is 7. The van der Waals surface area contributed by atoms with Crippen molar-refractivity contribution in [1.82, 2.24) is 20.2 Å². The smallest absolute Gasteiger partial charge is 0.269 e. The van der Waals surface area contributed by atoms with Gasteiger partial charge in [-0.2, -0.15) is 9.78 Å². The van der Waals surface area contributed by atoms with Crippen LogP contribution in [-0.4, -0.2) is 31.3 Å². The first-order valence-electron chi connectivity index (χ1n) is 9.16. The third-order valence-corrected chi connectivity index (χ3v) is 4.39. The van der Waals surface area contributed by atoms with Crippen molar-refractivity contribution in [1.29, 1.82) is 0 Å². The molecule has 4 rings (SSSR count). The fourth-order valence-corrected chi connectivity index (χ4v) is 2.86. The van der Waals surface area contributed by atoms with Crippen LogP contribution in [0.15, 0.2) is 84.0 Å². The summed E-state index contributed by atoms with van der Waals surface area (Å²) >= 11 is 0. The lowest BCUT2D eigenvalue weighted by Crippen LogP contribution is -2.04. The Morgan fingerprint density at radius 3 is 2.37 bits per heavy atom. The van der Waals surface area contributed by atoms with Gasteiger partial charge in [0.2, 0.25) is 0 Å². The summed E-state index contributed by atoms with van der Waals surface area (Å²) in [5.41, 5.74) is 6.61. The molecule has 0 saturated heterocycles. The molecule has 0 saturated carbocycles. The molecule has 9 nitrogen and oxygen atoms in total. The lowest BCUT2D eigenvalue weighted by molar-refractivity contribution is -0.384. The van der Waals surface area contributed by atoms with E-state index < -0.39 is 4.92 Å². The van der Waals surface area contributed by atoms with Crippen molar-refractivity contribution in [2.24, 2.45) is 5.10 Å². The van der Waals surface area contributed by atoms with Crippen LogP contribution in [-0.2, 0) is 6.42 Å².